The predicted octanol–water partition coefficient (Wildman–Crippen LogP) is 3.95. The van der Waals surface area contributed by atoms with Crippen LogP contribution in [0.3, 0.4) is 0 Å². The van der Waals surface area contributed by atoms with Crippen molar-refractivity contribution in [2.24, 2.45) is 10.2 Å². The normalized spacial score (nSPS) is 11.5. The largest absolute Gasteiger partial charge is 0.495 e. The number of sulfone groups is 1. The summed E-state index contributed by atoms with van der Waals surface area (Å²) in [5.41, 5.74) is 1.95. The van der Waals surface area contributed by atoms with Crippen molar-refractivity contribution in [3.05, 3.63) is 53.6 Å². The van der Waals surface area contributed by atoms with Crippen molar-refractivity contribution in [3.8, 4) is 17.6 Å². The number of aliphatic hydroxyl groups is 2. The molecular formula is C31H41N7O7S. The van der Waals surface area contributed by atoms with Crippen molar-refractivity contribution >= 4 is 38.5 Å². The third kappa shape index (κ3) is 9.59. The van der Waals surface area contributed by atoms with E-state index in [1.54, 1.807) is 6.92 Å². The molecule has 0 unspecified atom stereocenters. The summed E-state index contributed by atoms with van der Waals surface area (Å²) in [6.45, 7) is 5.40. The Morgan fingerprint density at radius 2 is 1.74 bits per heavy atom. The molecule has 46 heavy (non-hydrogen) atoms. The molecule has 1 aromatic heterocycles. The topological polar surface area (TPSA) is 191 Å². The number of ether oxygens (including phenoxy) is 3. The van der Waals surface area contributed by atoms with Crippen LogP contribution in [0, 0.1) is 18.3 Å². The quantitative estimate of drug-likeness (QED) is 0.108. The Kier molecular flexibility index (Phi) is 14.1. The Balaban J connectivity index is 2.04. The van der Waals surface area contributed by atoms with Gasteiger partial charge in [0.1, 0.15) is 33.8 Å². The van der Waals surface area contributed by atoms with Crippen LogP contribution in [-0.2, 0) is 14.6 Å². The number of nitriles is 1. The number of hydrogen-bond acceptors (Lipinski definition) is 14. The van der Waals surface area contributed by atoms with Gasteiger partial charge in [0.05, 0.1) is 52.0 Å². The summed E-state index contributed by atoms with van der Waals surface area (Å²) in [6.07, 6.45) is 0. The molecule has 0 aliphatic heterocycles. The van der Waals surface area contributed by atoms with Crippen LogP contribution in [0.4, 0.5) is 28.7 Å². The molecule has 0 saturated carbocycles. The van der Waals surface area contributed by atoms with E-state index in [-0.39, 0.29) is 72.1 Å². The summed E-state index contributed by atoms with van der Waals surface area (Å²) < 4.78 is 43.0. The molecule has 0 amide bonds. The third-order valence-corrected chi connectivity index (χ3v) is 8.64. The maximum atomic E-state index is 13.3. The Labute approximate surface area is 269 Å². The van der Waals surface area contributed by atoms with Crippen molar-refractivity contribution in [3.63, 3.8) is 0 Å². The molecule has 0 atom stereocenters. The van der Waals surface area contributed by atoms with Crippen LogP contribution < -0.4 is 20.1 Å². The number of rotatable bonds is 19. The number of aliphatic hydroxyl groups excluding tert-OH is 2. The van der Waals surface area contributed by atoms with Gasteiger partial charge in [0, 0.05) is 43.0 Å². The molecule has 4 N–H and O–H groups in total. The molecule has 14 nitrogen and oxygen atoms in total. The smallest absolute Gasteiger partial charge is 0.183 e. The monoisotopic (exact) mass is 655 g/mol. The minimum atomic E-state index is -3.80. The zero-order chi connectivity index (χ0) is 33.5. The number of nitrogens with zero attached hydrogens (tertiary/aromatic N) is 5. The van der Waals surface area contributed by atoms with E-state index in [1.165, 1.54) is 26.4 Å². The maximum absolute atomic E-state index is 13.3. The lowest BCUT2D eigenvalue weighted by molar-refractivity contribution is 0.0992. The van der Waals surface area contributed by atoms with Gasteiger partial charge in [-0.2, -0.15) is 5.26 Å². The molecule has 0 saturated heterocycles. The first-order valence-electron chi connectivity index (χ1n) is 14.7. The number of methoxy groups -OCH3 is 2. The Bertz CT molecular complexity index is 1610. The number of likely N-dealkylation sites (N-methyl/N-ethyl adjacent to an activating group) is 1. The highest BCUT2D eigenvalue weighted by Crippen LogP contribution is 2.40. The summed E-state index contributed by atoms with van der Waals surface area (Å²) in [7, 11) is -1.05. The van der Waals surface area contributed by atoms with Crippen molar-refractivity contribution in [1.29, 1.82) is 5.26 Å². The minimum absolute atomic E-state index is 0.0583. The lowest BCUT2D eigenvalue weighted by Gasteiger charge is -2.19. The van der Waals surface area contributed by atoms with Crippen molar-refractivity contribution in [2.45, 2.75) is 18.7 Å². The SMILES string of the molecule is CCN(CCO)CCS(=O)(=O)c1cc(OC)c(/N=N/c2c(NCCOCCO)nc(Nc3ccccc3)c(C#N)c2C)cc1OC. The Morgan fingerprint density at radius 1 is 1.00 bits per heavy atom. The lowest BCUT2D eigenvalue weighted by Crippen LogP contribution is -2.31. The first-order chi connectivity index (χ1) is 22.2. The number of azo groups is 1. The van der Waals surface area contributed by atoms with Crippen molar-refractivity contribution in [1.82, 2.24) is 9.88 Å². The van der Waals surface area contributed by atoms with Crippen molar-refractivity contribution < 1.29 is 32.8 Å². The van der Waals surface area contributed by atoms with Crippen molar-refractivity contribution in [2.75, 3.05) is 83.2 Å². The van der Waals surface area contributed by atoms with Crippen LogP contribution in [0.5, 0.6) is 11.5 Å². The molecule has 0 fully saturated rings. The van der Waals surface area contributed by atoms with E-state index < -0.39 is 9.84 Å². The fraction of sp³-hybridized carbons (Fsp3) is 0.419. The first kappa shape index (κ1) is 36.1. The molecule has 3 rings (SSSR count). The second kappa shape index (κ2) is 18.0. The fourth-order valence-corrected chi connectivity index (χ4v) is 5.89. The minimum Gasteiger partial charge on any atom is -0.495 e. The average molecular weight is 656 g/mol. The van der Waals surface area contributed by atoms with Gasteiger partial charge in [0.25, 0.3) is 0 Å². The summed E-state index contributed by atoms with van der Waals surface area (Å²) in [4.78, 5) is 6.42. The van der Waals surface area contributed by atoms with E-state index in [0.29, 0.717) is 36.8 Å². The van der Waals surface area contributed by atoms with Gasteiger partial charge in [0.2, 0.25) is 0 Å². The van der Waals surface area contributed by atoms with E-state index in [9.17, 15) is 18.8 Å². The average Bonchev–Trinajstić information content (AvgIpc) is 3.06. The Hall–Kier alpha value is -4.33. The van der Waals surface area contributed by atoms with Crippen LogP contribution in [0.15, 0.2) is 57.6 Å². The molecule has 3 aromatic rings. The third-order valence-electron chi connectivity index (χ3n) is 6.94. The summed E-state index contributed by atoms with van der Waals surface area (Å²) >= 11 is 0. The number of hydrogen-bond donors (Lipinski definition) is 4. The van der Waals surface area contributed by atoms with Gasteiger partial charge in [-0.1, -0.05) is 25.1 Å². The second-order valence-electron chi connectivity index (χ2n) is 9.87. The standard InChI is InChI=1S/C31H41N7O7S/c1-5-38(12-14-39)13-18-46(41,42)28-20-26(43-3)25(19-27(28)44-4)36-37-29-22(2)24(21-32)30(34-23-9-7-6-8-10-23)35-31(29)33-11-16-45-17-15-40/h6-10,19-20,39-40H,5,11-18H2,1-4H3,(H2,33,34,35)/b37-36+. The molecule has 248 valence electrons. The van der Waals surface area contributed by atoms with Crippen LogP contribution in [0.1, 0.15) is 18.1 Å². The van der Waals surface area contributed by atoms with Gasteiger partial charge in [-0.15, -0.1) is 10.2 Å². The molecule has 0 radical (unpaired) electrons. The maximum Gasteiger partial charge on any atom is 0.183 e. The highest BCUT2D eigenvalue weighted by atomic mass is 32.2. The van der Waals surface area contributed by atoms with E-state index in [0.717, 1.165) is 5.69 Å². The zero-order valence-electron chi connectivity index (χ0n) is 26.5. The van der Waals surface area contributed by atoms with E-state index in [1.807, 2.05) is 42.2 Å². The van der Waals surface area contributed by atoms with E-state index in [4.69, 9.17) is 19.3 Å². The number of benzene rings is 2. The first-order valence-corrected chi connectivity index (χ1v) is 16.3. The molecule has 0 spiro atoms. The van der Waals surface area contributed by atoms with Gasteiger partial charge >= 0.3 is 0 Å². The molecule has 2 aromatic carbocycles. The van der Waals surface area contributed by atoms with Gasteiger partial charge in [-0.05, 0) is 25.6 Å². The number of anilines is 3. The van der Waals surface area contributed by atoms with Crippen LogP contribution in [-0.4, -0.2) is 101 Å². The van der Waals surface area contributed by atoms with Crippen LogP contribution in [0.2, 0.25) is 0 Å². The molecular weight excluding hydrogens is 614 g/mol. The van der Waals surface area contributed by atoms with E-state index >= 15 is 0 Å². The highest BCUT2D eigenvalue weighted by molar-refractivity contribution is 7.91. The molecule has 0 aliphatic rings. The number of para-hydroxylation sites is 1. The zero-order valence-corrected chi connectivity index (χ0v) is 27.3. The van der Waals surface area contributed by atoms with Crippen LogP contribution >= 0.6 is 0 Å². The molecule has 15 heteroatoms. The fourth-order valence-electron chi connectivity index (χ4n) is 4.44. The highest BCUT2D eigenvalue weighted by Gasteiger charge is 2.24. The number of nitrogens with one attached hydrogen (secondary N) is 2. The summed E-state index contributed by atoms with van der Waals surface area (Å²) in [5, 5.41) is 43.5. The van der Waals surface area contributed by atoms with Gasteiger partial charge < -0.3 is 40.0 Å². The second-order valence-corrected chi connectivity index (χ2v) is 12.0. The molecule has 0 bridgehead atoms. The number of aromatic nitrogens is 1. The Morgan fingerprint density at radius 3 is 2.37 bits per heavy atom. The van der Waals surface area contributed by atoms with Crippen LogP contribution in [0.25, 0.3) is 0 Å². The number of pyridine rings is 1. The summed E-state index contributed by atoms with van der Waals surface area (Å²) in [5.74, 6) is 0.655. The van der Waals surface area contributed by atoms with Gasteiger partial charge in [-0.25, -0.2) is 13.4 Å². The summed E-state index contributed by atoms with van der Waals surface area (Å²) in [6, 6.07) is 14.3. The molecule has 1 heterocycles. The molecule has 0 aliphatic carbocycles. The van der Waals surface area contributed by atoms with Gasteiger partial charge in [-0.3, -0.25) is 0 Å². The lowest BCUT2D eigenvalue weighted by atomic mass is 10.1. The van der Waals surface area contributed by atoms with Gasteiger partial charge in [0.15, 0.2) is 21.5 Å². The predicted molar refractivity (Wildman–Crippen MR) is 175 cm³/mol. The van der Waals surface area contributed by atoms with E-state index in [2.05, 4.69) is 31.9 Å².